The van der Waals surface area contributed by atoms with E-state index in [9.17, 15) is 24.3 Å². The quantitative estimate of drug-likeness (QED) is 0.149. The third-order valence-electron chi connectivity index (χ3n) is 5.66. The molecule has 1 atom stereocenters. The maximum Gasteiger partial charge on any atom is 0.336 e. The predicted octanol–water partition coefficient (Wildman–Crippen LogP) is 6.02. The number of thioether (sulfide) groups is 1. The summed E-state index contributed by atoms with van der Waals surface area (Å²) in [5, 5.41) is 23.7. The van der Waals surface area contributed by atoms with Crippen LogP contribution in [-0.2, 0) is 4.79 Å². The zero-order chi connectivity index (χ0) is 28.4. The lowest BCUT2D eigenvalue weighted by Crippen LogP contribution is -2.24. The maximum absolute atomic E-state index is 12.9. The van der Waals surface area contributed by atoms with Crippen LogP contribution in [0.3, 0.4) is 0 Å². The van der Waals surface area contributed by atoms with Gasteiger partial charge in [0, 0.05) is 16.3 Å². The van der Waals surface area contributed by atoms with Crippen LogP contribution in [0.25, 0.3) is 0 Å². The summed E-state index contributed by atoms with van der Waals surface area (Å²) in [5.41, 5.74) is 0.241. The smallest absolute Gasteiger partial charge is 0.336 e. The second-order valence-electron chi connectivity index (χ2n) is 8.58. The SMILES string of the molecule is CCCCOc1ccc(NC(=O)C(CC)Sc2cccc(NC(=O)c3ccc(C(=O)O)cc3C(=O)O)c2)cc1. The van der Waals surface area contributed by atoms with E-state index < -0.39 is 28.7 Å². The summed E-state index contributed by atoms with van der Waals surface area (Å²) in [7, 11) is 0. The molecule has 3 rings (SSSR count). The van der Waals surface area contributed by atoms with Crippen molar-refractivity contribution in [2.75, 3.05) is 17.2 Å². The van der Waals surface area contributed by atoms with Crippen molar-refractivity contribution in [2.24, 2.45) is 0 Å². The van der Waals surface area contributed by atoms with Gasteiger partial charge in [0.2, 0.25) is 5.91 Å². The van der Waals surface area contributed by atoms with Crippen molar-refractivity contribution in [3.05, 3.63) is 83.4 Å². The molecule has 0 bridgehead atoms. The number of benzene rings is 3. The second kappa shape index (κ2) is 14.0. The number of unbranched alkanes of at least 4 members (excludes halogenated alkanes) is 1. The van der Waals surface area contributed by atoms with E-state index in [1.165, 1.54) is 23.9 Å². The van der Waals surface area contributed by atoms with Crippen LogP contribution in [0.5, 0.6) is 5.75 Å². The fourth-order valence-corrected chi connectivity index (χ4v) is 4.59. The van der Waals surface area contributed by atoms with Gasteiger partial charge in [-0.1, -0.05) is 26.3 Å². The van der Waals surface area contributed by atoms with Crippen molar-refractivity contribution in [1.82, 2.24) is 0 Å². The van der Waals surface area contributed by atoms with Crippen LogP contribution in [0, 0.1) is 0 Å². The molecule has 10 heteroatoms. The average Bonchev–Trinajstić information content (AvgIpc) is 2.92. The molecule has 0 saturated carbocycles. The summed E-state index contributed by atoms with van der Waals surface area (Å²) < 4.78 is 5.65. The molecule has 0 aromatic heterocycles. The first-order valence-electron chi connectivity index (χ1n) is 12.4. The van der Waals surface area contributed by atoms with Crippen LogP contribution in [0.2, 0.25) is 0 Å². The topological polar surface area (TPSA) is 142 Å². The van der Waals surface area contributed by atoms with Crippen molar-refractivity contribution in [1.29, 1.82) is 0 Å². The molecule has 204 valence electrons. The highest BCUT2D eigenvalue weighted by Gasteiger charge is 2.21. The fourth-order valence-electron chi connectivity index (χ4n) is 3.58. The number of hydrogen-bond donors (Lipinski definition) is 4. The monoisotopic (exact) mass is 550 g/mol. The van der Waals surface area contributed by atoms with Crippen LogP contribution in [0.4, 0.5) is 11.4 Å². The van der Waals surface area contributed by atoms with Gasteiger partial charge in [0.25, 0.3) is 5.91 Å². The summed E-state index contributed by atoms with van der Waals surface area (Å²) in [6.07, 6.45) is 2.58. The van der Waals surface area contributed by atoms with Gasteiger partial charge in [-0.2, -0.15) is 0 Å². The maximum atomic E-state index is 12.9. The van der Waals surface area contributed by atoms with Gasteiger partial charge < -0.3 is 25.6 Å². The first-order chi connectivity index (χ1) is 18.7. The molecular formula is C29H30N2O7S. The number of ether oxygens (including phenoxy) is 1. The summed E-state index contributed by atoms with van der Waals surface area (Å²) in [6, 6.07) is 17.4. The highest BCUT2D eigenvalue weighted by atomic mass is 32.2. The fraction of sp³-hybridized carbons (Fsp3) is 0.241. The average molecular weight is 551 g/mol. The predicted molar refractivity (Wildman–Crippen MR) is 150 cm³/mol. The minimum absolute atomic E-state index is 0.166. The van der Waals surface area contributed by atoms with Crippen molar-refractivity contribution < 1.29 is 34.1 Å². The van der Waals surface area contributed by atoms with E-state index in [0.717, 1.165) is 29.6 Å². The van der Waals surface area contributed by atoms with E-state index in [1.54, 1.807) is 30.3 Å². The molecule has 0 spiro atoms. The van der Waals surface area contributed by atoms with E-state index in [-0.39, 0.29) is 17.0 Å². The zero-order valence-corrected chi connectivity index (χ0v) is 22.4. The normalized spacial score (nSPS) is 11.3. The molecule has 1 unspecified atom stereocenters. The van der Waals surface area contributed by atoms with Gasteiger partial charge in [-0.05, 0) is 73.5 Å². The summed E-state index contributed by atoms with van der Waals surface area (Å²) in [5.74, 6) is -2.82. The molecule has 39 heavy (non-hydrogen) atoms. The van der Waals surface area contributed by atoms with Gasteiger partial charge >= 0.3 is 11.9 Å². The van der Waals surface area contributed by atoms with E-state index in [0.29, 0.717) is 24.4 Å². The van der Waals surface area contributed by atoms with Crippen molar-refractivity contribution >= 4 is 46.9 Å². The number of nitrogens with one attached hydrogen (secondary N) is 2. The molecule has 4 N–H and O–H groups in total. The Morgan fingerprint density at radius 2 is 1.59 bits per heavy atom. The molecule has 0 radical (unpaired) electrons. The largest absolute Gasteiger partial charge is 0.494 e. The number of carbonyl (C=O) groups is 4. The molecule has 0 aliphatic heterocycles. The number of carboxylic acid groups (broad SMARTS) is 2. The number of anilines is 2. The second-order valence-corrected chi connectivity index (χ2v) is 9.86. The molecule has 3 aromatic carbocycles. The van der Waals surface area contributed by atoms with Crippen LogP contribution >= 0.6 is 11.8 Å². The minimum atomic E-state index is -1.41. The Hall–Kier alpha value is -4.31. The summed E-state index contributed by atoms with van der Waals surface area (Å²) in [6.45, 7) is 4.65. The zero-order valence-electron chi connectivity index (χ0n) is 21.6. The summed E-state index contributed by atoms with van der Waals surface area (Å²) >= 11 is 1.34. The Morgan fingerprint density at radius 1 is 0.846 bits per heavy atom. The van der Waals surface area contributed by atoms with Gasteiger partial charge in [0.05, 0.1) is 28.5 Å². The lowest BCUT2D eigenvalue weighted by molar-refractivity contribution is -0.115. The lowest BCUT2D eigenvalue weighted by atomic mass is 10.0. The van der Waals surface area contributed by atoms with Crippen LogP contribution in [0.15, 0.2) is 71.6 Å². The van der Waals surface area contributed by atoms with Gasteiger partial charge in [-0.25, -0.2) is 9.59 Å². The van der Waals surface area contributed by atoms with Crippen molar-refractivity contribution in [3.63, 3.8) is 0 Å². The van der Waals surface area contributed by atoms with E-state index >= 15 is 0 Å². The van der Waals surface area contributed by atoms with Crippen molar-refractivity contribution in [2.45, 2.75) is 43.3 Å². The van der Waals surface area contributed by atoms with Gasteiger partial charge in [0.1, 0.15) is 5.75 Å². The molecule has 0 saturated heterocycles. The molecule has 2 amide bonds. The first-order valence-corrected chi connectivity index (χ1v) is 13.3. The highest BCUT2D eigenvalue weighted by molar-refractivity contribution is 8.00. The lowest BCUT2D eigenvalue weighted by Gasteiger charge is -2.16. The third-order valence-corrected chi connectivity index (χ3v) is 7.02. The Labute approximate surface area is 230 Å². The van der Waals surface area contributed by atoms with Crippen LogP contribution in [0.1, 0.15) is 64.2 Å². The van der Waals surface area contributed by atoms with Crippen molar-refractivity contribution in [3.8, 4) is 5.75 Å². The molecule has 9 nitrogen and oxygen atoms in total. The van der Waals surface area contributed by atoms with Gasteiger partial charge in [0.15, 0.2) is 0 Å². The van der Waals surface area contributed by atoms with Gasteiger partial charge in [-0.3, -0.25) is 9.59 Å². The molecule has 0 heterocycles. The number of amides is 2. The molecule has 3 aromatic rings. The van der Waals surface area contributed by atoms with E-state index in [2.05, 4.69) is 17.6 Å². The Bertz CT molecular complexity index is 1340. The minimum Gasteiger partial charge on any atom is -0.494 e. The van der Waals surface area contributed by atoms with Crippen LogP contribution < -0.4 is 15.4 Å². The molecular weight excluding hydrogens is 520 g/mol. The summed E-state index contributed by atoms with van der Waals surface area (Å²) in [4.78, 5) is 49.3. The number of carboxylic acids is 2. The van der Waals surface area contributed by atoms with E-state index in [1.807, 2.05) is 25.1 Å². The number of aromatic carboxylic acids is 2. The highest BCUT2D eigenvalue weighted by Crippen LogP contribution is 2.29. The molecule has 0 aliphatic rings. The van der Waals surface area contributed by atoms with E-state index in [4.69, 9.17) is 9.84 Å². The molecule has 0 aliphatic carbocycles. The first kappa shape index (κ1) is 29.2. The third kappa shape index (κ3) is 8.34. The molecule has 0 fully saturated rings. The Balaban J connectivity index is 1.66. The van der Waals surface area contributed by atoms with Crippen LogP contribution in [-0.4, -0.2) is 45.8 Å². The standard InChI is InChI=1S/C29H30N2O7S/c1-3-5-15-38-21-12-10-19(11-13-21)30-27(33)25(4-2)39-22-8-6-7-20(17-22)31-26(32)23-14-9-18(28(34)35)16-24(23)29(36)37/h6-14,16-17,25H,3-5,15H2,1-2H3,(H,30,33)(H,31,32)(H,34,35)(H,36,37). The Kier molecular flexibility index (Phi) is 10.5. The number of carbonyl (C=O) groups excluding carboxylic acids is 2. The number of rotatable bonds is 13. The van der Waals surface area contributed by atoms with Gasteiger partial charge in [-0.15, -0.1) is 11.8 Å². The Morgan fingerprint density at radius 3 is 2.23 bits per heavy atom. The number of hydrogen-bond acceptors (Lipinski definition) is 6.